The van der Waals surface area contributed by atoms with E-state index in [9.17, 15) is 0 Å². The van der Waals surface area contributed by atoms with Gasteiger partial charge in [0.05, 0.1) is 0 Å². The summed E-state index contributed by atoms with van der Waals surface area (Å²) in [6.07, 6.45) is 6.02. The fraction of sp³-hybridized carbons (Fsp3) is 0.300. The van der Waals surface area contributed by atoms with Crippen LogP contribution in [0.1, 0.15) is 11.4 Å². The molecular formula is C10H13N5. The van der Waals surface area contributed by atoms with Crippen LogP contribution in [0.3, 0.4) is 0 Å². The van der Waals surface area contributed by atoms with Gasteiger partial charge in [0.1, 0.15) is 12.2 Å². The monoisotopic (exact) mass is 203 g/mol. The summed E-state index contributed by atoms with van der Waals surface area (Å²) in [5, 5.41) is 9.92. The van der Waals surface area contributed by atoms with E-state index in [1.54, 1.807) is 6.20 Å². The molecule has 5 nitrogen and oxygen atoms in total. The normalized spacial score (nSPS) is 10.4. The van der Waals surface area contributed by atoms with Crippen LogP contribution in [0.25, 0.3) is 0 Å². The number of nitrogens with zero attached hydrogens (tertiary/aromatic N) is 3. The van der Waals surface area contributed by atoms with Gasteiger partial charge in [-0.2, -0.15) is 5.10 Å². The molecule has 2 heterocycles. The molecule has 0 saturated carbocycles. The highest BCUT2D eigenvalue weighted by Crippen LogP contribution is 1.94. The highest BCUT2D eigenvalue weighted by molar-refractivity contribution is 5.07. The molecular weight excluding hydrogens is 190 g/mol. The molecule has 0 radical (unpaired) electrons. The fourth-order valence-corrected chi connectivity index (χ4v) is 1.29. The van der Waals surface area contributed by atoms with Crippen molar-refractivity contribution in [1.82, 2.24) is 25.5 Å². The van der Waals surface area contributed by atoms with Crippen LogP contribution in [0.2, 0.25) is 0 Å². The maximum absolute atomic E-state index is 4.04. The minimum atomic E-state index is 0.835. The molecule has 5 heteroatoms. The zero-order valence-corrected chi connectivity index (χ0v) is 8.35. The van der Waals surface area contributed by atoms with Crippen LogP contribution in [0.15, 0.2) is 30.9 Å². The Hall–Kier alpha value is -1.75. The van der Waals surface area contributed by atoms with Gasteiger partial charge < -0.3 is 5.32 Å². The molecule has 0 aliphatic heterocycles. The lowest BCUT2D eigenvalue weighted by molar-refractivity contribution is 0.670. The molecule has 0 fully saturated rings. The van der Waals surface area contributed by atoms with Crippen molar-refractivity contribution in [3.05, 3.63) is 42.2 Å². The van der Waals surface area contributed by atoms with Gasteiger partial charge in [0.15, 0.2) is 0 Å². The molecule has 2 aromatic rings. The second-order valence-electron chi connectivity index (χ2n) is 3.22. The molecule has 2 aromatic heterocycles. The van der Waals surface area contributed by atoms with Gasteiger partial charge in [0.25, 0.3) is 0 Å². The molecule has 2 rings (SSSR count). The van der Waals surface area contributed by atoms with E-state index in [-0.39, 0.29) is 0 Å². The van der Waals surface area contributed by atoms with Crippen molar-refractivity contribution in [3.8, 4) is 0 Å². The van der Waals surface area contributed by atoms with Crippen molar-refractivity contribution in [2.24, 2.45) is 0 Å². The first kappa shape index (κ1) is 9.79. The summed E-state index contributed by atoms with van der Waals surface area (Å²) in [6.45, 7) is 1.71. The van der Waals surface area contributed by atoms with Gasteiger partial charge in [0, 0.05) is 31.9 Å². The van der Waals surface area contributed by atoms with Crippen molar-refractivity contribution < 1.29 is 0 Å². The zero-order chi connectivity index (χ0) is 10.3. The van der Waals surface area contributed by atoms with E-state index in [2.05, 4.69) is 31.5 Å². The Morgan fingerprint density at radius 3 is 3.13 bits per heavy atom. The molecule has 0 bridgehead atoms. The van der Waals surface area contributed by atoms with Gasteiger partial charge in [0.2, 0.25) is 0 Å². The Balaban J connectivity index is 1.68. The first-order valence-corrected chi connectivity index (χ1v) is 4.89. The van der Waals surface area contributed by atoms with Gasteiger partial charge >= 0.3 is 0 Å². The summed E-state index contributed by atoms with van der Waals surface area (Å²) in [5.74, 6) is 0.911. The standard InChI is InChI=1S/C10H13N5/c1-2-9(6-11-4-1)7-12-5-3-10-13-8-14-15-10/h1-2,4,6,8,12H,3,5,7H2,(H,13,14,15). The van der Waals surface area contributed by atoms with E-state index in [4.69, 9.17) is 0 Å². The Bertz CT molecular complexity index is 370. The molecule has 0 saturated heterocycles. The average Bonchev–Trinajstić information content (AvgIpc) is 2.79. The van der Waals surface area contributed by atoms with Gasteiger partial charge in [-0.05, 0) is 11.6 Å². The van der Waals surface area contributed by atoms with E-state index in [0.29, 0.717) is 0 Å². The van der Waals surface area contributed by atoms with Crippen molar-refractivity contribution in [2.45, 2.75) is 13.0 Å². The number of rotatable bonds is 5. The van der Waals surface area contributed by atoms with Crippen LogP contribution < -0.4 is 5.32 Å². The van der Waals surface area contributed by atoms with Crippen LogP contribution in [0, 0.1) is 0 Å². The molecule has 0 aromatic carbocycles. The Morgan fingerprint density at radius 1 is 1.40 bits per heavy atom. The summed E-state index contributed by atoms with van der Waals surface area (Å²) in [5.41, 5.74) is 1.19. The van der Waals surface area contributed by atoms with Crippen molar-refractivity contribution in [1.29, 1.82) is 0 Å². The number of aromatic nitrogens is 4. The van der Waals surface area contributed by atoms with Crippen molar-refractivity contribution in [2.75, 3.05) is 6.54 Å². The van der Waals surface area contributed by atoms with Gasteiger partial charge in [-0.1, -0.05) is 6.07 Å². The second-order valence-corrected chi connectivity index (χ2v) is 3.22. The predicted molar refractivity (Wildman–Crippen MR) is 56.0 cm³/mol. The number of nitrogens with one attached hydrogen (secondary N) is 2. The number of pyridine rings is 1. The molecule has 0 unspecified atom stereocenters. The minimum Gasteiger partial charge on any atom is -0.312 e. The molecule has 0 aliphatic rings. The second kappa shape index (κ2) is 5.21. The van der Waals surface area contributed by atoms with Gasteiger partial charge in [-0.3, -0.25) is 10.1 Å². The lowest BCUT2D eigenvalue weighted by Gasteiger charge is -2.02. The van der Waals surface area contributed by atoms with Gasteiger partial charge in [-0.25, -0.2) is 4.98 Å². The Kier molecular flexibility index (Phi) is 3.40. The summed E-state index contributed by atoms with van der Waals surface area (Å²) in [6, 6.07) is 3.99. The summed E-state index contributed by atoms with van der Waals surface area (Å²) in [7, 11) is 0. The zero-order valence-electron chi connectivity index (χ0n) is 8.35. The van der Waals surface area contributed by atoms with Crippen LogP contribution in [0.4, 0.5) is 0 Å². The van der Waals surface area contributed by atoms with Crippen molar-refractivity contribution in [3.63, 3.8) is 0 Å². The van der Waals surface area contributed by atoms with Gasteiger partial charge in [-0.15, -0.1) is 0 Å². The molecule has 2 N–H and O–H groups in total. The SMILES string of the molecule is c1cncc(CNCCc2ncn[nH]2)c1. The fourth-order valence-electron chi connectivity index (χ4n) is 1.29. The lowest BCUT2D eigenvalue weighted by atomic mass is 10.3. The third-order valence-electron chi connectivity index (χ3n) is 2.06. The summed E-state index contributed by atoms with van der Waals surface area (Å²) >= 11 is 0. The molecule has 0 atom stereocenters. The maximum atomic E-state index is 4.04. The highest BCUT2D eigenvalue weighted by atomic mass is 15.2. The third kappa shape index (κ3) is 3.14. The molecule has 0 spiro atoms. The molecule has 0 amide bonds. The summed E-state index contributed by atoms with van der Waals surface area (Å²) in [4.78, 5) is 8.09. The average molecular weight is 203 g/mol. The number of aromatic amines is 1. The van der Waals surface area contributed by atoms with E-state index in [1.165, 1.54) is 11.9 Å². The largest absolute Gasteiger partial charge is 0.312 e. The first-order chi connectivity index (χ1) is 7.45. The lowest BCUT2D eigenvalue weighted by Crippen LogP contribution is -2.17. The minimum absolute atomic E-state index is 0.835. The maximum Gasteiger partial charge on any atom is 0.137 e. The molecule has 78 valence electrons. The third-order valence-corrected chi connectivity index (χ3v) is 2.06. The van der Waals surface area contributed by atoms with Crippen LogP contribution in [-0.2, 0) is 13.0 Å². The van der Waals surface area contributed by atoms with E-state index >= 15 is 0 Å². The van der Waals surface area contributed by atoms with E-state index in [0.717, 1.165) is 25.3 Å². The van der Waals surface area contributed by atoms with Crippen LogP contribution in [-0.4, -0.2) is 26.7 Å². The number of H-pyrrole nitrogens is 1. The van der Waals surface area contributed by atoms with E-state index < -0.39 is 0 Å². The Morgan fingerprint density at radius 2 is 2.40 bits per heavy atom. The predicted octanol–water partition coefficient (Wildman–Crippen LogP) is 0.532. The molecule has 0 aliphatic carbocycles. The number of hydrogen-bond acceptors (Lipinski definition) is 4. The topological polar surface area (TPSA) is 66.5 Å². The first-order valence-electron chi connectivity index (χ1n) is 4.89. The van der Waals surface area contributed by atoms with Crippen molar-refractivity contribution >= 4 is 0 Å². The van der Waals surface area contributed by atoms with Crippen LogP contribution in [0.5, 0.6) is 0 Å². The van der Waals surface area contributed by atoms with Crippen LogP contribution >= 0.6 is 0 Å². The molecule has 15 heavy (non-hydrogen) atoms. The van der Waals surface area contributed by atoms with E-state index in [1.807, 2.05) is 12.3 Å². The summed E-state index contributed by atoms with van der Waals surface area (Å²) < 4.78 is 0. The smallest absolute Gasteiger partial charge is 0.137 e. The Labute approximate surface area is 88.0 Å². The highest BCUT2D eigenvalue weighted by Gasteiger charge is 1.95. The quantitative estimate of drug-likeness (QED) is 0.696. The number of hydrogen-bond donors (Lipinski definition) is 2.